The Kier molecular flexibility index (Phi) is 4.48. The summed E-state index contributed by atoms with van der Waals surface area (Å²) < 4.78 is 29.6. The fraction of sp³-hybridized carbons (Fsp3) is 0.357. The van der Waals surface area contributed by atoms with Crippen LogP contribution in [0, 0.1) is 10.1 Å². The molecule has 2 amide bonds. The Hall–Kier alpha value is -2.71. The molecule has 0 fully saturated rings. The minimum Gasteiger partial charge on any atom is -0.434 e. The van der Waals surface area contributed by atoms with Crippen molar-refractivity contribution < 1.29 is 23.2 Å². The number of urea groups is 1. The van der Waals surface area contributed by atoms with E-state index in [0.717, 1.165) is 9.80 Å². The Balaban J connectivity index is 2.64. The zero-order valence-electron chi connectivity index (χ0n) is 12.7. The summed E-state index contributed by atoms with van der Waals surface area (Å²) in [5, 5.41) is 11.5. The molecule has 1 aromatic rings. The molecule has 124 valence electrons. The smallest absolute Gasteiger partial charge is 0.387 e. The summed E-state index contributed by atoms with van der Waals surface area (Å²) in [5.74, 6) is -0.205. The fourth-order valence-electron chi connectivity index (χ4n) is 2.54. The molecule has 0 radical (unpaired) electrons. The summed E-state index contributed by atoms with van der Waals surface area (Å²) in [7, 11) is 2.79. The first-order valence-electron chi connectivity index (χ1n) is 6.65. The van der Waals surface area contributed by atoms with Crippen LogP contribution in [0.2, 0.25) is 0 Å². The van der Waals surface area contributed by atoms with Gasteiger partial charge in [-0.3, -0.25) is 15.0 Å². The Labute approximate surface area is 130 Å². The zero-order chi connectivity index (χ0) is 17.3. The van der Waals surface area contributed by atoms with Crippen LogP contribution in [0.1, 0.15) is 18.5 Å². The SMILES string of the molecule is CC1=C([N+](=O)[O-])[C@@H](c2ccccc2OC(F)F)N(C)C(=O)N1C. The van der Waals surface area contributed by atoms with E-state index in [1.807, 2.05) is 0 Å². The molecule has 0 saturated heterocycles. The number of hydrogen-bond acceptors (Lipinski definition) is 4. The van der Waals surface area contributed by atoms with Gasteiger partial charge in [0.05, 0.1) is 10.6 Å². The molecule has 1 aromatic carbocycles. The Morgan fingerprint density at radius 2 is 1.91 bits per heavy atom. The minimum atomic E-state index is -3.08. The molecule has 23 heavy (non-hydrogen) atoms. The van der Waals surface area contributed by atoms with Gasteiger partial charge in [-0.05, 0) is 13.0 Å². The van der Waals surface area contributed by atoms with Gasteiger partial charge >= 0.3 is 12.6 Å². The summed E-state index contributed by atoms with van der Waals surface area (Å²) in [4.78, 5) is 25.4. The fourth-order valence-corrected chi connectivity index (χ4v) is 2.54. The van der Waals surface area contributed by atoms with Gasteiger partial charge in [-0.2, -0.15) is 8.78 Å². The van der Waals surface area contributed by atoms with E-state index in [-0.39, 0.29) is 22.7 Å². The number of allylic oxidation sites excluding steroid dienone is 1. The summed E-state index contributed by atoms with van der Waals surface area (Å²) in [5.41, 5.74) is 0.0117. The van der Waals surface area contributed by atoms with Gasteiger partial charge in [0.1, 0.15) is 5.75 Å². The van der Waals surface area contributed by atoms with Gasteiger partial charge in [0, 0.05) is 19.7 Å². The number of amides is 2. The van der Waals surface area contributed by atoms with E-state index in [1.54, 1.807) is 0 Å². The second kappa shape index (κ2) is 6.19. The summed E-state index contributed by atoms with van der Waals surface area (Å²) >= 11 is 0. The average molecular weight is 327 g/mol. The van der Waals surface area contributed by atoms with E-state index in [1.165, 1.54) is 45.3 Å². The number of likely N-dealkylation sites (N-methyl/N-ethyl adjacent to an activating group) is 1. The van der Waals surface area contributed by atoms with Crippen molar-refractivity contribution in [2.75, 3.05) is 14.1 Å². The molecule has 0 spiro atoms. The molecule has 0 aliphatic carbocycles. The number of carbonyl (C=O) groups is 1. The third kappa shape index (κ3) is 2.94. The molecule has 0 N–H and O–H groups in total. The topological polar surface area (TPSA) is 75.9 Å². The molecule has 9 heteroatoms. The maximum Gasteiger partial charge on any atom is 0.387 e. The average Bonchev–Trinajstić information content (AvgIpc) is 2.48. The van der Waals surface area contributed by atoms with E-state index in [0.29, 0.717) is 0 Å². The number of nitrogens with zero attached hydrogens (tertiary/aromatic N) is 3. The maximum atomic E-state index is 12.6. The van der Waals surface area contributed by atoms with Gasteiger partial charge < -0.3 is 9.64 Å². The van der Waals surface area contributed by atoms with Crippen LogP contribution >= 0.6 is 0 Å². The van der Waals surface area contributed by atoms with Crippen LogP contribution in [-0.2, 0) is 0 Å². The minimum absolute atomic E-state index is 0.128. The number of hydrogen-bond donors (Lipinski definition) is 0. The van der Waals surface area contributed by atoms with Crippen LogP contribution in [0.4, 0.5) is 13.6 Å². The number of alkyl halides is 2. The molecule has 0 aromatic heterocycles. The molecule has 2 rings (SSSR count). The highest BCUT2D eigenvalue weighted by Gasteiger charge is 2.43. The number of para-hydroxylation sites is 1. The van der Waals surface area contributed by atoms with Gasteiger partial charge in [0.15, 0.2) is 6.04 Å². The van der Waals surface area contributed by atoms with Crippen molar-refractivity contribution in [2.45, 2.75) is 19.6 Å². The van der Waals surface area contributed by atoms with Crippen LogP contribution in [0.3, 0.4) is 0 Å². The second-order valence-electron chi connectivity index (χ2n) is 5.00. The molecule has 1 aliphatic heterocycles. The normalized spacial score (nSPS) is 18.7. The summed E-state index contributed by atoms with van der Waals surface area (Å²) in [6.45, 7) is -1.64. The monoisotopic (exact) mass is 327 g/mol. The number of halogens is 2. The van der Waals surface area contributed by atoms with Gasteiger partial charge in [-0.25, -0.2) is 4.79 Å². The Morgan fingerprint density at radius 1 is 1.30 bits per heavy atom. The highest BCUT2D eigenvalue weighted by molar-refractivity contribution is 5.78. The molecule has 1 atom stereocenters. The Bertz CT molecular complexity index is 678. The van der Waals surface area contributed by atoms with Crippen LogP contribution in [0.15, 0.2) is 35.7 Å². The van der Waals surface area contributed by atoms with Crippen LogP contribution in [0.25, 0.3) is 0 Å². The number of ether oxygens (including phenoxy) is 1. The lowest BCUT2D eigenvalue weighted by Gasteiger charge is -2.36. The molecule has 7 nitrogen and oxygen atoms in total. The number of rotatable bonds is 4. The predicted octanol–water partition coefficient (Wildman–Crippen LogP) is 2.83. The highest BCUT2D eigenvalue weighted by Crippen LogP contribution is 2.39. The van der Waals surface area contributed by atoms with Crippen molar-refractivity contribution in [1.82, 2.24) is 9.80 Å². The first-order valence-corrected chi connectivity index (χ1v) is 6.65. The highest BCUT2D eigenvalue weighted by atomic mass is 19.3. The number of benzene rings is 1. The lowest BCUT2D eigenvalue weighted by molar-refractivity contribution is -0.436. The standard InChI is InChI=1S/C14H15F2N3O4/c1-8-11(19(21)22)12(18(3)14(20)17(8)2)9-6-4-5-7-10(9)23-13(15)16/h4-7,12-13H,1-3H3/t12-/m1/s1. The summed E-state index contributed by atoms with van der Waals surface area (Å²) in [6.07, 6.45) is 0. The molecule has 0 saturated carbocycles. The van der Waals surface area contributed by atoms with Crippen molar-refractivity contribution in [3.63, 3.8) is 0 Å². The van der Waals surface area contributed by atoms with Crippen molar-refractivity contribution in [1.29, 1.82) is 0 Å². The molecule has 0 unspecified atom stereocenters. The predicted molar refractivity (Wildman–Crippen MR) is 76.4 cm³/mol. The number of carbonyl (C=O) groups excluding carboxylic acids is 1. The zero-order valence-corrected chi connectivity index (χ0v) is 12.7. The molecule has 0 bridgehead atoms. The molecular formula is C14H15F2N3O4. The van der Waals surface area contributed by atoms with Crippen LogP contribution in [0.5, 0.6) is 5.75 Å². The van der Waals surface area contributed by atoms with E-state index in [9.17, 15) is 23.7 Å². The van der Waals surface area contributed by atoms with E-state index < -0.39 is 23.6 Å². The van der Waals surface area contributed by atoms with Gasteiger partial charge in [-0.15, -0.1) is 0 Å². The van der Waals surface area contributed by atoms with E-state index in [2.05, 4.69) is 4.74 Å². The molecule has 1 heterocycles. The maximum absolute atomic E-state index is 12.6. The van der Waals surface area contributed by atoms with Gasteiger partial charge in [-0.1, -0.05) is 18.2 Å². The van der Waals surface area contributed by atoms with E-state index >= 15 is 0 Å². The molecule has 1 aliphatic rings. The van der Waals surface area contributed by atoms with Crippen molar-refractivity contribution >= 4 is 6.03 Å². The third-order valence-corrected chi connectivity index (χ3v) is 3.74. The first-order chi connectivity index (χ1) is 10.8. The largest absolute Gasteiger partial charge is 0.434 e. The quantitative estimate of drug-likeness (QED) is 0.629. The lowest BCUT2D eigenvalue weighted by atomic mass is 9.98. The van der Waals surface area contributed by atoms with Crippen molar-refractivity contribution in [2.24, 2.45) is 0 Å². The van der Waals surface area contributed by atoms with Crippen LogP contribution < -0.4 is 4.74 Å². The van der Waals surface area contributed by atoms with Crippen molar-refractivity contribution in [3.05, 3.63) is 51.3 Å². The number of nitro groups is 1. The van der Waals surface area contributed by atoms with Gasteiger partial charge in [0.2, 0.25) is 0 Å². The first kappa shape index (κ1) is 16.7. The van der Waals surface area contributed by atoms with Gasteiger partial charge in [0.25, 0.3) is 5.70 Å². The molecular weight excluding hydrogens is 312 g/mol. The van der Waals surface area contributed by atoms with Crippen molar-refractivity contribution in [3.8, 4) is 5.75 Å². The van der Waals surface area contributed by atoms with Crippen LogP contribution in [-0.4, -0.2) is 41.5 Å². The van der Waals surface area contributed by atoms with E-state index in [4.69, 9.17) is 0 Å². The lowest BCUT2D eigenvalue weighted by Crippen LogP contribution is -2.47. The third-order valence-electron chi connectivity index (χ3n) is 3.74. The second-order valence-corrected chi connectivity index (χ2v) is 5.00. The summed E-state index contributed by atoms with van der Waals surface area (Å²) in [6, 6.07) is 4.12. The Morgan fingerprint density at radius 3 is 2.48 bits per heavy atom.